The lowest BCUT2D eigenvalue weighted by atomic mass is 9.88. The van der Waals surface area contributed by atoms with Gasteiger partial charge in [0.15, 0.2) is 11.6 Å². The number of piperidine rings is 1. The molecule has 5 rings (SSSR count). The third-order valence-electron chi connectivity index (χ3n) is 6.70. The zero-order chi connectivity index (χ0) is 24.5. The molecule has 0 saturated carbocycles. The monoisotopic (exact) mass is 493 g/mol. The highest BCUT2D eigenvalue weighted by molar-refractivity contribution is 7.16. The molecular weight excluding hydrogens is 462 g/mol. The predicted octanol–water partition coefficient (Wildman–Crippen LogP) is 4.47. The van der Waals surface area contributed by atoms with E-state index in [9.17, 15) is 4.79 Å². The molecule has 0 aromatic carbocycles. The number of amides is 1. The second kappa shape index (κ2) is 9.65. The van der Waals surface area contributed by atoms with Gasteiger partial charge in [-0.3, -0.25) is 9.89 Å². The van der Waals surface area contributed by atoms with Crippen LogP contribution in [0.5, 0.6) is 0 Å². The van der Waals surface area contributed by atoms with E-state index in [1.807, 2.05) is 37.7 Å². The quantitative estimate of drug-likeness (QED) is 0.348. The molecule has 1 amide bonds. The lowest BCUT2D eigenvalue weighted by Gasteiger charge is -2.45. The third-order valence-corrected chi connectivity index (χ3v) is 7.51. The average molecular weight is 494 g/mol. The number of aryl methyl sites for hydroxylation is 2. The Labute approximate surface area is 208 Å². The maximum atomic E-state index is 13.4. The Balaban J connectivity index is 1.38. The molecule has 4 aromatic rings. The summed E-state index contributed by atoms with van der Waals surface area (Å²) in [5.41, 5.74) is 0.976. The Morgan fingerprint density at radius 1 is 1.23 bits per heavy atom. The number of carbonyl (C=O) groups is 1. The maximum absolute atomic E-state index is 13.4. The van der Waals surface area contributed by atoms with Crippen molar-refractivity contribution in [3.63, 3.8) is 0 Å². The lowest BCUT2D eigenvalue weighted by molar-refractivity contribution is 0.0396. The van der Waals surface area contributed by atoms with Crippen LogP contribution < -0.4 is 10.6 Å². The molecule has 184 valence electrons. The van der Waals surface area contributed by atoms with E-state index in [1.54, 1.807) is 22.1 Å². The second-order valence-electron chi connectivity index (χ2n) is 9.11. The van der Waals surface area contributed by atoms with E-state index in [0.717, 1.165) is 53.2 Å². The standard InChI is InChI=1S/C24H31N9OS/c1-5-16-12-15(13-17(6-2)33(16)23(34)21-25-8-9-32(21)4)26-24-28-20(18-7-10-35-22(18)29-24)27-19-11-14(3)30-31-19/h7-11,15-17H,5-6,12-13H2,1-4H3,(H3,26,27,28,29,30,31). The molecule has 1 aliphatic heterocycles. The zero-order valence-corrected chi connectivity index (χ0v) is 21.3. The number of aromatic nitrogens is 6. The molecule has 0 spiro atoms. The summed E-state index contributed by atoms with van der Waals surface area (Å²) >= 11 is 1.59. The van der Waals surface area contributed by atoms with Gasteiger partial charge in [-0.15, -0.1) is 11.3 Å². The molecule has 11 heteroatoms. The summed E-state index contributed by atoms with van der Waals surface area (Å²) in [6.07, 6.45) is 6.91. The predicted molar refractivity (Wildman–Crippen MR) is 138 cm³/mol. The highest BCUT2D eigenvalue weighted by Crippen LogP contribution is 2.32. The molecule has 2 atom stereocenters. The molecule has 0 bridgehead atoms. The molecule has 1 aliphatic rings. The molecular formula is C24H31N9OS. The molecule has 35 heavy (non-hydrogen) atoms. The van der Waals surface area contributed by atoms with Gasteiger partial charge in [0.05, 0.1) is 5.39 Å². The zero-order valence-electron chi connectivity index (χ0n) is 20.4. The van der Waals surface area contributed by atoms with Crippen molar-refractivity contribution < 1.29 is 4.79 Å². The van der Waals surface area contributed by atoms with Crippen molar-refractivity contribution >= 4 is 45.0 Å². The van der Waals surface area contributed by atoms with Gasteiger partial charge in [-0.2, -0.15) is 10.1 Å². The Kier molecular flexibility index (Phi) is 6.42. The number of imidazole rings is 1. The molecule has 5 heterocycles. The first kappa shape index (κ1) is 23.3. The Morgan fingerprint density at radius 2 is 2.00 bits per heavy atom. The van der Waals surface area contributed by atoms with Gasteiger partial charge in [-0.05, 0) is 44.1 Å². The summed E-state index contributed by atoms with van der Waals surface area (Å²) in [5, 5.41) is 17.1. The summed E-state index contributed by atoms with van der Waals surface area (Å²) in [6, 6.07) is 4.36. The Hall–Kier alpha value is -3.47. The Bertz CT molecular complexity index is 1310. The number of likely N-dealkylation sites (tertiary alicyclic amines) is 1. The van der Waals surface area contributed by atoms with Gasteiger partial charge in [-0.1, -0.05) is 13.8 Å². The Morgan fingerprint density at radius 3 is 2.63 bits per heavy atom. The third kappa shape index (κ3) is 4.60. The molecule has 0 radical (unpaired) electrons. The minimum Gasteiger partial charge on any atom is -0.351 e. The normalized spacial score (nSPS) is 20.3. The van der Waals surface area contributed by atoms with Crippen molar-refractivity contribution in [1.29, 1.82) is 0 Å². The fourth-order valence-corrected chi connectivity index (χ4v) is 5.71. The van der Waals surface area contributed by atoms with Crippen LogP contribution in [0.25, 0.3) is 10.2 Å². The van der Waals surface area contributed by atoms with E-state index < -0.39 is 0 Å². The number of anilines is 3. The van der Waals surface area contributed by atoms with Crippen LogP contribution in [0.1, 0.15) is 55.8 Å². The first-order valence-electron chi connectivity index (χ1n) is 12.1. The number of H-pyrrole nitrogens is 1. The molecule has 1 saturated heterocycles. The number of thiophene rings is 1. The number of rotatable bonds is 7. The van der Waals surface area contributed by atoms with Crippen LogP contribution in [0.2, 0.25) is 0 Å². The van der Waals surface area contributed by atoms with E-state index in [-0.39, 0.29) is 24.0 Å². The molecule has 0 aliphatic carbocycles. The van der Waals surface area contributed by atoms with E-state index in [1.165, 1.54) is 0 Å². The fraction of sp³-hybridized carbons (Fsp3) is 0.458. The first-order chi connectivity index (χ1) is 17.0. The van der Waals surface area contributed by atoms with E-state index in [2.05, 4.69) is 44.6 Å². The van der Waals surface area contributed by atoms with Crippen molar-refractivity contribution in [3.05, 3.63) is 41.4 Å². The summed E-state index contributed by atoms with van der Waals surface area (Å²) in [4.78, 5) is 30.3. The SMILES string of the molecule is CCC1CC(Nc2nc(Nc3cc(C)[nH]n3)c3ccsc3n2)CC(CC)N1C(=O)c1nccn1C. The van der Waals surface area contributed by atoms with E-state index >= 15 is 0 Å². The van der Waals surface area contributed by atoms with Gasteiger partial charge in [-0.25, -0.2) is 9.97 Å². The fourth-order valence-electron chi connectivity index (χ4n) is 4.94. The minimum atomic E-state index is 0.00619. The van der Waals surface area contributed by atoms with Crippen molar-refractivity contribution in [2.45, 2.75) is 64.6 Å². The van der Waals surface area contributed by atoms with Gasteiger partial charge in [0, 0.05) is 49.3 Å². The van der Waals surface area contributed by atoms with Gasteiger partial charge < -0.3 is 20.1 Å². The van der Waals surface area contributed by atoms with Crippen LogP contribution in [0.3, 0.4) is 0 Å². The molecule has 3 N–H and O–H groups in total. The van der Waals surface area contributed by atoms with Crippen LogP contribution in [0, 0.1) is 6.92 Å². The number of fused-ring (bicyclic) bond motifs is 1. The minimum absolute atomic E-state index is 0.00619. The van der Waals surface area contributed by atoms with Crippen LogP contribution >= 0.6 is 11.3 Å². The second-order valence-corrected chi connectivity index (χ2v) is 10.0. The number of hydrogen-bond acceptors (Lipinski definition) is 8. The number of nitrogens with one attached hydrogen (secondary N) is 3. The van der Waals surface area contributed by atoms with Crippen molar-refractivity contribution in [2.75, 3.05) is 10.6 Å². The van der Waals surface area contributed by atoms with Gasteiger partial charge in [0.1, 0.15) is 10.6 Å². The average Bonchev–Trinajstić information content (AvgIpc) is 3.59. The van der Waals surface area contributed by atoms with Gasteiger partial charge in [0.2, 0.25) is 5.95 Å². The summed E-state index contributed by atoms with van der Waals surface area (Å²) < 4.78 is 1.80. The largest absolute Gasteiger partial charge is 0.351 e. The number of aromatic amines is 1. The van der Waals surface area contributed by atoms with Gasteiger partial charge >= 0.3 is 0 Å². The van der Waals surface area contributed by atoms with Gasteiger partial charge in [0.25, 0.3) is 5.91 Å². The maximum Gasteiger partial charge on any atom is 0.290 e. The number of hydrogen-bond donors (Lipinski definition) is 3. The van der Waals surface area contributed by atoms with E-state index in [0.29, 0.717) is 11.8 Å². The molecule has 1 fully saturated rings. The summed E-state index contributed by atoms with van der Waals surface area (Å²) in [7, 11) is 1.87. The molecule has 10 nitrogen and oxygen atoms in total. The van der Waals surface area contributed by atoms with E-state index in [4.69, 9.17) is 9.97 Å². The molecule has 2 unspecified atom stereocenters. The van der Waals surface area contributed by atoms with Crippen molar-refractivity contribution in [1.82, 2.24) is 34.6 Å². The topological polar surface area (TPSA) is 117 Å². The van der Waals surface area contributed by atoms with Crippen LogP contribution in [0.4, 0.5) is 17.6 Å². The van der Waals surface area contributed by atoms with Crippen LogP contribution in [-0.2, 0) is 7.05 Å². The number of carbonyl (C=O) groups excluding carboxylic acids is 1. The smallest absolute Gasteiger partial charge is 0.290 e. The summed E-state index contributed by atoms with van der Waals surface area (Å²) in [5.74, 6) is 2.54. The first-order valence-corrected chi connectivity index (χ1v) is 13.0. The van der Waals surface area contributed by atoms with Crippen LogP contribution in [-0.4, -0.2) is 58.6 Å². The van der Waals surface area contributed by atoms with Crippen molar-refractivity contribution in [2.24, 2.45) is 7.05 Å². The summed E-state index contributed by atoms with van der Waals surface area (Å²) in [6.45, 7) is 6.24. The lowest BCUT2D eigenvalue weighted by Crippen LogP contribution is -2.55. The number of nitrogens with zero attached hydrogens (tertiary/aromatic N) is 6. The highest BCUT2D eigenvalue weighted by Gasteiger charge is 2.38. The highest BCUT2D eigenvalue weighted by atomic mass is 32.1. The molecule has 4 aromatic heterocycles. The van der Waals surface area contributed by atoms with Crippen LogP contribution in [0.15, 0.2) is 29.9 Å². The van der Waals surface area contributed by atoms with Crippen molar-refractivity contribution in [3.8, 4) is 0 Å².